The number of nitrogen functional groups attached to an aromatic ring is 1. The second kappa shape index (κ2) is 4.39. The Morgan fingerprint density at radius 1 is 1.50 bits per heavy atom. The van der Waals surface area contributed by atoms with E-state index in [9.17, 15) is 8.42 Å². The number of anilines is 1. The van der Waals surface area contributed by atoms with E-state index in [0.29, 0.717) is 12.5 Å². The molecule has 0 amide bonds. The molecule has 1 aliphatic rings. The first-order valence-electron chi connectivity index (χ1n) is 5.29. The number of sulfonamides is 1. The van der Waals surface area contributed by atoms with Crippen LogP contribution in [0.15, 0.2) is 23.4 Å². The minimum absolute atomic E-state index is 0.0609. The van der Waals surface area contributed by atoms with Crippen molar-refractivity contribution >= 4 is 15.7 Å². The Morgan fingerprint density at radius 2 is 2.25 bits per heavy atom. The van der Waals surface area contributed by atoms with Crippen molar-refractivity contribution < 1.29 is 8.42 Å². The summed E-state index contributed by atoms with van der Waals surface area (Å²) in [4.78, 5) is 3.83. The topological polar surface area (TPSA) is 85.1 Å². The van der Waals surface area contributed by atoms with E-state index in [1.807, 2.05) is 0 Å². The maximum atomic E-state index is 11.8. The number of hydrogen-bond acceptors (Lipinski definition) is 4. The number of nitrogens with one attached hydrogen (secondary N) is 1. The van der Waals surface area contributed by atoms with E-state index in [4.69, 9.17) is 5.73 Å². The van der Waals surface area contributed by atoms with Crippen LogP contribution in [0.3, 0.4) is 0 Å². The molecule has 1 saturated carbocycles. The molecule has 1 aromatic rings. The number of rotatable bonds is 5. The highest BCUT2D eigenvalue weighted by atomic mass is 32.2. The number of hydrogen-bond donors (Lipinski definition) is 2. The van der Waals surface area contributed by atoms with Crippen molar-refractivity contribution in [3.8, 4) is 0 Å². The number of aromatic nitrogens is 1. The van der Waals surface area contributed by atoms with E-state index in [2.05, 4.69) is 9.71 Å². The number of nitrogens with two attached hydrogens (primary N) is 1. The summed E-state index contributed by atoms with van der Waals surface area (Å²) in [5.74, 6) is 0.703. The van der Waals surface area contributed by atoms with E-state index >= 15 is 0 Å². The van der Waals surface area contributed by atoms with Crippen LogP contribution in [0, 0.1) is 5.92 Å². The molecule has 3 N–H and O–H groups in total. The van der Waals surface area contributed by atoms with E-state index in [1.54, 1.807) is 0 Å². The van der Waals surface area contributed by atoms with Gasteiger partial charge in [-0.3, -0.25) is 4.98 Å². The fourth-order valence-electron chi connectivity index (χ4n) is 1.50. The van der Waals surface area contributed by atoms with Crippen LogP contribution in [-0.2, 0) is 10.0 Å². The van der Waals surface area contributed by atoms with Gasteiger partial charge in [0, 0.05) is 18.9 Å². The average Bonchev–Trinajstić information content (AvgIpc) is 3.02. The van der Waals surface area contributed by atoms with E-state index < -0.39 is 10.0 Å². The Kier molecular flexibility index (Phi) is 3.11. The lowest BCUT2D eigenvalue weighted by Gasteiger charge is -2.07. The van der Waals surface area contributed by atoms with Gasteiger partial charge in [0.15, 0.2) is 0 Å². The van der Waals surface area contributed by atoms with Gasteiger partial charge in [0.05, 0.1) is 5.69 Å². The Bertz CT molecular complexity index is 469. The smallest absolute Gasteiger partial charge is 0.244 e. The van der Waals surface area contributed by atoms with Crippen LogP contribution < -0.4 is 10.5 Å². The van der Waals surface area contributed by atoms with Gasteiger partial charge in [-0.15, -0.1) is 0 Å². The fourth-order valence-corrected chi connectivity index (χ4v) is 2.62. The molecule has 0 spiro atoms. The molecule has 1 aromatic heterocycles. The molecule has 1 fully saturated rings. The van der Waals surface area contributed by atoms with Gasteiger partial charge in [0.1, 0.15) is 4.90 Å². The van der Waals surface area contributed by atoms with Crippen molar-refractivity contribution in [3.63, 3.8) is 0 Å². The predicted molar refractivity (Wildman–Crippen MR) is 61.2 cm³/mol. The summed E-state index contributed by atoms with van der Waals surface area (Å²) in [6, 6.07) is 1.48. The van der Waals surface area contributed by atoms with Crippen LogP contribution >= 0.6 is 0 Å². The van der Waals surface area contributed by atoms with Gasteiger partial charge in [-0.05, 0) is 18.4 Å². The first-order chi connectivity index (χ1) is 7.59. The van der Waals surface area contributed by atoms with Crippen LogP contribution in [0.25, 0.3) is 0 Å². The molecular formula is C10H15N3O2S. The zero-order chi connectivity index (χ0) is 11.6. The second-order valence-corrected chi connectivity index (χ2v) is 5.78. The maximum Gasteiger partial charge on any atom is 0.244 e. The van der Waals surface area contributed by atoms with E-state index in [-0.39, 0.29) is 10.6 Å². The molecule has 0 unspecified atom stereocenters. The molecule has 1 aliphatic carbocycles. The first-order valence-corrected chi connectivity index (χ1v) is 6.77. The Morgan fingerprint density at radius 3 is 2.88 bits per heavy atom. The van der Waals surface area contributed by atoms with Gasteiger partial charge < -0.3 is 5.73 Å². The normalized spacial score (nSPS) is 16.2. The molecule has 0 aliphatic heterocycles. The van der Waals surface area contributed by atoms with Gasteiger partial charge >= 0.3 is 0 Å². The molecule has 2 rings (SSSR count). The molecule has 16 heavy (non-hydrogen) atoms. The molecule has 88 valence electrons. The number of nitrogens with zero attached hydrogens (tertiary/aromatic N) is 1. The summed E-state index contributed by atoms with van der Waals surface area (Å²) in [6.45, 7) is 0.474. The van der Waals surface area contributed by atoms with Crippen LogP contribution in [0.1, 0.15) is 19.3 Å². The zero-order valence-electron chi connectivity index (χ0n) is 8.89. The first kappa shape index (κ1) is 11.3. The van der Waals surface area contributed by atoms with E-state index in [0.717, 1.165) is 6.42 Å². The second-order valence-electron chi connectivity index (χ2n) is 4.04. The maximum absolute atomic E-state index is 11.8. The van der Waals surface area contributed by atoms with Crippen LogP contribution in [0.4, 0.5) is 5.69 Å². The lowest BCUT2D eigenvalue weighted by atomic mass is 10.3. The van der Waals surface area contributed by atoms with Crippen molar-refractivity contribution in [3.05, 3.63) is 18.5 Å². The van der Waals surface area contributed by atoms with Gasteiger partial charge in [-0.2, -0.15) is 0 Å². The fraction of sp³-hybridized carbons (Fsp3) is 0.500. The summed E-state index contributed by atoms with van der Waals surface area (Å²) in [7, 11) is -3.50. The van der Waals surface area contributed by atoms with Crippen LogP contribution in [0.5, 0.6) is 0 Å². The molecule has 0 bridgehead atoms. The third-order valence-corrected chi connectivity index (χ3v) is 4.15. The minimum Gasteiger partial charge on any atom is -0.398 e. The molecule has 6 heteroatoms. The van der Waals surface area contributed by atoms with Gasteiger partial charge in [0.2, 0.25) is 10.0 Å². The van der Waals surface area contributed by atoms with E-state index in [1.165, 1.54) is 31.3 Å². The van der Waals surface area contributed by atoms with Crippen molar-refractivity contribution in [2.45, 2.75) is 24.2 Å². The highest BCUT2D eigenvalue weighted by molar-refractivity contribution is 7.89. The molecule has 0 atom stereocenters. The molecule has 5 nitrogen and oxygen atoms in total. The van der Waals surface area contributed by atoms with Gasteiger partial charge in [0.25, 0.3) is 0 Å². The quantitative estimate of drug-likeness (QED) is 0.796. The highest BCUT2D eigenvalue weighted by Crippen LogP contribution is 2.31. The van der Waals surface area contributed by atoms with Crippen molar-refractivity contribution in [2.75, 3.05) is 12.3 Å². The summed E-state index contributed by atoms with van der Waals surface area (Å²) in [5, 5.41) is 0. The summed E-state index contributed by atoms with van der Waals surface area (Å²) in [5.41, 5.74) is 5.82. The summed E-state index contributed by atoms with van der Waals surface area (Å²) < 4.78 is 26.2. The molecule has 1 heterocycles. The molecule has 0 radical (unpaired) electrons. The third kappa shape index (κ3) is 2.70. The standard InChI is InChI=1S/C10H15N3O2S/c11-9-4-5-12-7-10(9)16(14,15)13-6-3-8-1-2-8/h4-5,7-8,13H,1-3,6H2,(H2,11,12). The monoisotopic (exact) mass is 241 g/mol. The van der Waals surface area contributed by atoms with Crippen molar-refractivity contribution in [2.24, 2.45) is 5.92 Å². The van der Waals surface area contributed by atoms with Crippen molar-refractivity contribution in [1.29, 1.82) is 0 Å². The predicted octanol–water partition coefficient (Wildman–Crippen LogP) is 0.742. The Labute approximate surface area is 95.1 Å². The largest absolute Gasteiger partial charge is 0.398 e. The zero-order valence-corrected chi connectivity index (χ0v) is 9.70. The molecular weight excluding hydrogens is 226 g/mol. The van der Waals surface area contributed by atoms with Crippen LogP contribution in [-0.4, -0.2) is 19.9 Å². The Balaban J connectivity index is 2.03. The number of pyridine rings is 1. The molecule has 0 aromatic carbocycles. The lowest BCUT2D eigenvalue weighted by molar-refractivity contribution is 0.575. The average molecular weight is 241 g/mol. The van der Waals surface area contributed by atoms with Crippen LogP contribution in [0.2, 0.25) is 0 Å². The molecule has 0 saturated heterocycles. The SMILES string of the molecule is Nc1ccncc1S(=O)(=O)NCCC1CC1. The highest BCUT2D eigenvalue weighted by Gasteiger charge is 2.22. The summed E-state index contributed by atoms with van der Waals surface area (Å²) in [6.07, 6.45) is 6.08. The lowest BCUT2D eigenvalue weighted by Crippen LogP contribution is -2.26. The van der Waals surface area contributed by atoms with Gasteiger partial charge in [-0.1, -0.05) is 12.8 Å². The van der Waals surface area contributed by atoms with Crippen molar-refractivity contribution in [1.82, 2.24) is 9.71 Å². The van der Waals surface area contributed by atoms with Gasteiger partial charge in [-0.25, -0.2) is 13.1 Å². The summed E-state index contributed by atoms with van der Waals surface area (Å²) >= 11 is 0. The third-order valence-electron chi connectivity index (χ3n) is 2.65. The minimum atomic E-state index is -3.50. The Hall–Kier alpha value is -1.14.